The number of nitrogens with one attached hydrogen (secondary N) is 1. The van der Waals surface area contributed by atoms with E-state index in [1.807, 2.05) is 31.4 Å². The monoisotopic (exact) mass is 305 g/mol. The molecule has 0 saturated heterocycles. The maximum atomic E-state index is 11.6. The van der Waals surface area contributed by atoms with Crippen LogP contribution in [0.3, 0.4) is 0 Å². The summed E-state index contributed by atoms with van der Waals surface area (Å²) in [7, 11) is 1.41. The number of aromatic nitrogens is 2. The molecule has 0 aromatic carbocycles. The summed E-state index contributed by atoms with van der Waals surface area (Å²) in [5.74, 6) is -0.232. The molecule has 0 spiro atoms. The van der Waals surface area contributed by atoms with Crippen molar-refractivity contribution in [3.8, 4) is 0 Å². The van der Waals surface area contributed by atoms with Gasteiger partial charge in [-0.05, 0) is 25.3 Å². The van der Waals surface area contributed by atoms with Gasteiger partial charge in [0.1, 0.15) is 0 Å². The Hall–Kier alpha value is -1.79. The molecule has 21 heavy (non-hydrogen) atoms. The smallest absolute Gasteiger partial charge is 0.307 e. The number of nitrogens with zero attached hydrogens (tertiary/aromatic N) is 2. The van der Waals surface area contributed by atoms with Gasteiger partial charge < -0.3 is 10.1 Å². The molecule has 0 radical (unpaired) electrons. The number of hydrogen-bond donors (Lipinski definition) is 1. The summed E-state index contributed by atoms with van der Waals surface area (Å²) in [5.41, 5.74) is 1.78. The quantitative estimate of drug-likeness (QED) is 0.831. The molecule has 0 saturated carbocycles. The van der Waals surface area contributed by atoms with E-state index in [9.17, 15) is 4.79 Å². The second-order valence-corrected chi connectivity index (χ2v) is 5.74. The van der Waals surface area contributed by atoms with Crippen LogP contribution < -0.4 is 5.32 Å². The zero-order valence-electron chi connectivity index (χ0n) is 12.4. The number of carbonyl (C=O) groups excluding carboxylic acids is 1. The van der Waals surface area contributed by atoms with E-state index in [4.69, 9.17) is 4.74 Å². The van der Waals surface area contributed by atoms with Crippen LogP contribution in [-0.2, 0) is 9.53 Å². The number of methoxy groups -OCH3 is 1. The van der Waals surface area contributed by atoms with Crippen molar-refractivity contribution in [2.24, 2.45) is 0 Å². The number of aryl methyl sites for hydroxylation is 1. The molecule has 0 aliphatic rings. The molecule has 0 fully saturated rings. The summed E-state index contributed by atoms with van der Waals surface area (Å²) in [4.78, 5) is 21.4. The maximum absolute atomic E-state index is 11.6. The molecule has 6 heteroatoms. The molecule has 5 nitrogen and oxygen atoms in total. The normalized spacial score (nSPS) is 13.7. The average molecular weight is 305 g/mol. The van der Waals surface area contributed by atoms with E-state index >= 15 is 0 Å². The van der Waals surface area contributed by atoms with Gasteiger partial charge in [-0.25, -0.2) is 0 Å². The summed E-state index contributed by atoms with van der Waals surface area (Å²) < 4.78 is 4.79. The Balaban J connectivity index is 2.15. The molecule has 0 amide bonds. The van der Waals surface area contributed by atoms with Crippen molar-refractivity contribution in [3.05, 3.63) is 46.2 Å². The molecular formula is C15H19N3O2S. The average Bonchev–Trinajstić information content (AvgIpc) is 3.01. The Morgan fingerprint density at radius 3 is 2.81 bits per heavy atom. The van der Waals surface area contributed by atoms with Crippen LogP contribution in [0.1, 0.15) is 41.7 Å². The van der Waals surface area contributed by atoms with Crippen LogP contribution >= 0.6 is 11.3 Å². The van der Waals surface area contributed by atoms with Crippen molar-refractivity contribution in [1.82, 2.24) is 15.3 Å². The standard InChI is InChI=1S/C15H19N3O2S/c1-10-15(17-7-6-16-10)11(2)18-12(9-14(19)20-3)13-5-4-8-21-13/h4-8,11-12,18H,9H2,1-3H3. The van der Waals surface area contributed by atoms with Crippen molar-refractivity contribution < 1.29 is 9.53 Å². The highest BCUT2D eigenvalue weighted by Gasteiger charge is 2.21. The first-order chi connectivity index (χ1) is 10.1. The van der Waals surface area contributed by atoms with Crippen LogP contribution in [0.5, 0.6) is 0 Å². The number of esters is 1. The fourth-order valence-electron chi connectivity index (χ4n) is 2.21. The van der Waals surface area contributed by atoms with Crippen LogP contribution in [0, 0.1) is 6.92 Å². The zero-order chi connectivity index (χ0) is 15.2. The molecule has 2 atom stereocenters. The number of thiophene rings is 1. The molecule has 0 aliphatic carbocycles. The third-order valence-electron chi connectivity index (χ3n) is 3.27. The summed E-state index contributed by atoms with van der Waals surface area (Å²) in [5, 5.41) is 5.45. The molecule has 1 N–H and O–H groups in total. The van der Waals surface area contributed by atoms with E-state index in [-0.39, 0.29) is 18.1 Å². The van der Waals surface area contributed by atoms with Gasteiger partial charge in [0.05, 0.1) is 31.0 Å². The van der Waals surface area contributed by atoms with Gasteiger partial charge in [0.2, 0.25) is 0 Å². The molecule has 112 valence electrons. The first-order valence-electron chi connectivity index (χ1n) is 6.75. The predicted molar refractivity (Wildman–Crippen MR) is 82.0 cm³/mol. The number of rotatable bonds is 6. The Kier molecular flexibility index (Phi) is 5.41. The highest BCUT2D eigenvalue weighted by molar-refractivity contribution is 7.10. The molecule has 2 aromatic rings. The van der Waals surface area contributed by atoms with Crippen molar-refractivity contribution >= 4 is 17.3 Å². The fourth-order valence-corrected chi connectivity index (χ4v) is 2.99. The summed E-state index contributed by atoms with van der Waals surface area (Å²) in [6.45, 7) is 3.95. The Morgan fingerprint density at radius 2 is 2.19 bits per heavy atom. The minimum Gasteiger partial charge on any atom is -0.469 e. The second-order valence-electron chi connectivity index (χ2n) is 4.76. The molecule has 2 aromatic heterocycles. The highest BCUT2D eigenvalue weighted by Crippen LogP contribution is 2.26. The van der Waals surface area contributed by atoms with Gasteiger partial charge >= 0.3 is 5.97 Å². The minimum atomic E-state index is -0.232. The topological polar surface area (TPSA) is 64.1 Å². The van der Waals surface area contributed by atoms with Gasteiger partial charge in [0.25, 0.3) is 0 Å². The van der Waals surface area contributed by atoms with E-state index in [1.165, 1.54) is 7.11 Å². The summed E-state index contributed by atoms with van der Waals surface area (Å²) >= 11 is 1.62. The van der Waals surface area contributed by atoms with E-state index in [0.717, 1.165) is 16.3 Å². The van der Waals surface area contributed by atoms with Gasteiger partial charge in [-0.3, -0.25) is 14.8 Å². The lowest BCUT2D eigenvalue weighted by Crippen LogP contribution is -2.27. The minimum absolute atomic E-state index is 0.00421. The summed E-state index contributed by atoms with van der Waals surface area (Å²) in [6, 6.07) is 3.90. The largest absolute Gasteiger partial charge is 0.469 e. The molecular weight excluding hydrogens is 286 g/mol. The van der Waals surface area contributed by atoms with Crippen LogP contribution in [-0.4, -0.2) is 23.0 Å². The fraction of sp³-hybridized carbons (Fsp3) is 0.400. The van der Waals surface area contributed by atoms with Crippen molar-refractivity contribution in [2.45, 2.75) is 32.4 Å². The first-order valence-corrected chi connectivity index (χ1v) is 7.63. The van der Waals surface area contributed by atoms with Gasteiger partial charge in [-0.2, -0.15) is 0 Å². The lowest BCUT2D eigenvalue weighted by atomic mass is 10.1. The summed E-state index contributed by atoms with van der Waals surface area (Å²) in [6.07, 6.45) is 3.65. The van der Waals surface area contributed by atoms with Crippen LogP contribution in [0.2, 0.25) is 0 Å². The molecule has 0 bridgehead atoms. The van der Waals surface area contributed by atoms with Gasteiger partial charge in [0, 0.05) is 23.3 Å². The SMILES string of the molecule is COC(=O)CC(NC(C)c1nccnc1C)c1cccs1. The van der Waals surface area contributed by atoms with Crippen molar-refractivity contribution in [1.29, 1.82) is 0 Å². The van der Waals surface area contributed by atoms with E-state index in [2.05, 4.69) is 15.3 Å². The zero-order valence-corrected chi connectivity index (χ0v) is 13.2. The van der Waals surface area contributed by atoms with Crippen LogP contribution in [0.4, 0.5) is 0 Å². The van der Waals surface area contributed by atoms with Crippen molar-refractivity contribution in [2.75, 3.05) is 7.11 Å². The van der Waals surface area contributed by atoms with Crippen LogP contribution in [0.25, 0.3) is 0 Å². The number of ether oxygens (including phenoxy) is 1. The van der Waals surface area contributed by atoms with Gasteiger partial charge in [-0.15, -0.1) is 11.3 Å². The van der Waals surface area contributed by atoms with E-state index < -0.39 is 0 Å². The van der Waals surface area contributed by atoms with Gasteiger partial charge in [-0.1, -0.05) is 6.07 Å². The number of carbonyl (C=O) groups is 1. The third kappa shape index (κ3) is 4.09. The van der Waals surface area contributed by atoms with Crippen LogP contribution in [0.15, 0.2) is 29.9 Å². The van der Waals surface area contributed by atoms with E-state index in [1.54, 1.807) is 23.7 Å². The number of hydrogen-bond acceptors (Lipinski definition) is 6. The third-order valence-corrected chi connectivity index (χ3v) is 4.25. The Bertz CT molecular complexity index is 586. The second kappa shape index (κ2) is 7.28. The van der Waals surface area contributed by atoms with Crippen molar-refractivity contribution in [3.63, 3.8) is 0 Å². The lowest BCUT2D eigenvalue weighted by Gasteiger charge is -2.22. The highest BCUT2D eigenvalue weighted by atomic mass is 32.1. The Labute approximate surface area is 128 Å². The Morgan fingerprint density at radius 1 is 1.43 bits per heavy atom. The lowest BCUT2D eigenvalue weighted by molar-refractivity contribution is -0.141. The predicted octanol–water partition coefficient (Wildman–Crippen LogP) is 2.80. The molecule has 2 unspecified atom stereocenters. The first kappa shape index (κ1) is 15.6. The van der Waals surface area contributed by atoms with E-state index in [0.29, 0.717) is 6.42 Å². The molecule has 2 heterocycles. The molecule has 0 aliphatic heterocycles. The molecule has 2 rings (SSSR count). The maximum Gasteiger partial charge on any atom is 0.307 e. The van der Waals surface area contributed by atoms with Gasteiger partial charge in [0.15, 0.2) is 0 Å².